The predicted octanol–water partition coefficient (Wildman–Crippen LogP) is 3.89. The minimum atomic E-state index is 0.0813. The largest absolute Gasteiger partial charge is 0.373 e. The third kappa shape index (κ3) is 4.62. The summed E-state index contributed by atoms with van der Waals surface area (Å²) in [5.74, 6) is 0.0813. The summed E-state index contributed by atoms with van der Waals surface area (Å²) in [5, 5.41) is 0. The lowest BCUT2D eigenvalue weighted by molar-refractivity contribution is 0.0760. The molecule has 0 unspecified atom stereocenters. The molecule has 0 aliphatic rings. The van der Waals surface area contributed by atoms with E-state index in [4.69, 9.17) is 4.74 Å². The van der Waals surface area contributed by atoms with Crippen LogP contribution in [-0.2, 0) is 11.2 Å². The van der Waals surface area contributed by atoms with Crippen LogP contribution in [0.5, 0.6) is 0 Å². The second-order valence-electron chi connectivity index (χ2n) is 4.48. The predicted molar refractivity (Wildman–Crippen MR) is 79.0 cm³/mol. The van der Waals surface area contributed by atoms with Crippen molar-refractivity contribution in [1.82, 2.24) is 0 Å². The van der Waals surface area contributed by atoms with Gasteiger partial charge in [0.2, 0.25) is 0 Å². The van der Waals surface area contributed by atoms with E-state index in [1.165, 1.54) is 16.9 Å². The maximum atomic E-state index is 11.8. The average Bonchev–Trinajstić information content (AvgIpc) is 2.86. The van der Waals surface area contributed by atoms with Crippen molar-refractivity contribution >= 4 is 17.1 Å². The van der Waals surface area contributed by atoms with Gasteiger partial charge in [-0.25, -0.2) is 0 Å². The van der Waals surface area contributed by atoms with Crippen LogP contribution in [0.1, 0.15) is 26.5 Å². The van der Waals surface area contributed by atoms with E-state index in [0.717, 1.165) is 22.6 Å². The van der Waals surface area contributed by atoms with Crippen LogP contribution in [0.2, 0.25) is 0 Å². The molecule has 0 saturated carbocycles. The number of thiophene rings is 1. The molecule has 2 aromatic rings. The molecule has 0 aliphatic heterocycles. The Morgan fingerprint density at radius 1 is 1.16 bits per heavy atom. The zero-order chi connectivity index (χ0) is 13.5. The Morgan fingerprint density at radius 3 is 2.63 bits per heavy atom. The molecule has 0 fully saturated rings. The van der Waals surface area contributed by atoms with Crippen LogP contribution < -0.4 is 0 Å². The van der Waals surface area contributed by atoms with E-state index in [-0.39, 0.29) is 12.4 Å². The van der Waals surface area contributed by atoms with Gasteiger partial charge in [-0.05, 0) is 37.5 Å². The number of rotatable bonds is 7. The Labute approximate surface area is 118 Å². The van der Waals surface area contributed by atoms with Gasteiger partial charge in [-0.2, -0.15) is 0 Å². The zero-order valence-electron chi connectivity index (χ0n) is 11.1. The molecule has 100 valence electrons. The van der Waals surface area contributed by atoms with Crippen LogP contribution in [0.3, 0.4) is 0 Å². The third-order valence-electron chi connectivity index (χ3n) is 2.85. The maximum absolute atomic E-state index is 11.8. The maximum Gasteiger partial charge on any atom is 0.198 e. The number of hydrogen-bond donors (Lipinski definition) is 0. The second-order valence-corrected chi connectivity index (χ2v) is 5.76. The Kier molecular flexibility index (Phi) is 5.31. The van der Waals surface area contributed by atoms with E-state index in [1.54, 1.807) is 0 Å². The molecule has 0 aliphatic carbocycles. The van der Waals surface area contributed by atoms with Gasteiger partial charge < -0.3 is 4.74 Å². The van der Waals surface area contributed by atoms with Gasteiger partial charge in [0, 0.05) is 11.5 Å². The molecule has 0 N–H and O–H groups in total. The molecule has 0 amide bonds. The van der Waals surface area contributed by atoms with Crippen molar-refractivity contribution in [2.75, 3.05) is 13.2 Å². The number of Topliss-reactive ketones (excluding diaryl/α,β-unsaturated/α-hetero) is 1. The fourth-order valence-electron chi connectivity index (χ4n) is 1.84. The smallest absolute Gasteiger partial charge is 0.198 e. The summed E-state index contributed by atoms with van der Waals surface area (Å²) in [6, 6.07) is 14.2. The van der Waals surface area contributed by atoms with Crippen molar-refractivity contribution in [3.63, 3.8) is 0 Å². The van der Waals surface area contributed by atoms with E-state index in [1.807, 2.05) is 37.3 Å². The first kappa shape index (κ1) is 14.0. The summed E-state index contributed by atoms with van der Waals surface area (Å²) in [7, 11) is 0. The molecule has 1 heterocycles. The van der Waals surface area contributed by atoms with E-state index < -0.39 is 0 Å². The van der Waals surface area contributed by atoms with Crippen molar-refractivity contribution in [2.45, 2.75) is 19.8 Å². The molecule has 0 saturated heterocycles. The van der Waals surface area contributed by atoms with Gasteiger partial charge in [0.05, 0.1) is 4.88 Å². The number of ketones is 1. The highest BCUT2D eigenvalue weighted by molar-refractivity contribution is 7.14. The molecule has 19 heavy (non-hydrogen) atoms. The molecule has 3 heteroatoms. The molecule has 0 radical (unpaired) electrons. The quantitative estimate of drug-likeness (QED) is 0.565. The van der Waals surface area contributed by atoms with Gasteiger partial charge in [0.25, 0.3) is 0 Å². The average molecular weight is 274 g/mol. The van der Waals surface area contributed by atoms with Crippen molar-refractivity contribution in [2.24, 2.45) is 0 Å². The first-order valence-corrected chi connectivity index (χ1v) is 7.28. The van der Waals surface area contributed by atoms with Crippen molar-refractivity contribution < 1.29 is 9.53 Å². The molecule has 1 aromatic heterocycles. The van der Waals surface area contributed by atoms with Gasteiger partial charge in [-0.3, -0.25) is 4.79 Å². The summed E-state index contributed by atoms with van der Waals surface area (Å²) in [4.78, 5) is 13.7. The SMILES string of the molecule is Cc1ccc(C(=O)COCCCc2ccccc2)s1. The van der Waals surface area contributed by atoms with Crippen molar-refractivity contribution in [3.8, 4) is 0 Å². The summed E-state index contributed by atoms with van der Waals surface area (Å²) in [6.45, 7) is 2.82. The summed E-state index contributed by atoms with van der Waals surface area (Å²) < 4.78 is 5.44. The second kappa shape index (κ2) is 7.22. The zero-order valence-corrected chi connectivity index (χ0v) is 11.9. The number of benzene rings is 1. The van der Waals surface area contributed by atoms with E-state index in [2.05, 4.69) is 12.1 Å². The van der Waals surface area contributed by atoms with Crippen molar-refractivity contribution in [3.05, 3.63) is 57.8 Å². The highest BCUT2D eigenvalue weighted by Gasteiger charge is 2.07. The normalized spacial score (nSPS) is 10.6. The highest BCUT2D eigenvalue weighted by Crippen LogP contribution is 2.15. The standard InChI is InChI=1S/C16H18O2S/c1-13-9-10-16(19-13)15(17)12-18-11-5-8-14-6-3-2-4-7-14/h2-4,6-7,9-10H,5,8,11-12H2,1H3. The van der Waals surface area contributed by atoms with Crippen LogP contribution in [0.4, 0.5) is 0 Å². The van der Waals surface area contributed by atoms with Gasteiger partial charge in [0.15, 0.2) is 5.78 Å². The minimum absolute atomic E-state index is 0.0813. The topological polar surface area (TPSA) is 26.3 Å². The number of aryl methyl sites for hydroxylation is 2. The van der Waals surface area contributed by atoms with Gasteiger partial charge >= 0.3 is 0 Å². The molecular formula is C16H18O2S. The first-order chi connectivity index (χ1) is 9.25. The highest BCUT2D eigenvalue weighted by atomic mass is 32.1. The Balaban J connectivity index is 1.63. The Morgan fingerprint density at radius 2 is 1.95 bits per heavy atom. The number of hydrogen-bond acceptors (Lipinski definition) is 3. The summed E-state index contributed by atoms with van der Waals surface area (Å²) >= 11 is 1.53. The molecule has 1 aromatic carbocycles. The lowest BCUT2D eigenvalue weighted by atomic mass is 10.1. The molecule has 2 rings (SSSR count). The van der Waals surface area contributed by atoms with Crippen LogP contribution in [0.25, 0.3) is 0 Å². The molecule has 2 nitrogen and oxygen atoms in total. The lowest BCUT2D eigenvalue weighted by Gasteiger charge is -2.03. The van der Waals surface area contributed by atoms with Gasteiger partial charge in [-0.1, -0.05) is 30.3 Å². The molecule has 0 bridgehead atoms. The van der Waals surface area contributed by atoms with E-state index in [9.17, 15) is 4.79 Å². The summed E-state index contributed by atoms with van der Waals surface area (Å²) in [5.41, 5.74) is 1.31. The monoisotopic (exact) mass is 274 g/mol. The Bertz CT molecular complexity index is 517. The molecular weight excluding hydrogens is 256 g/mol. The van der Waals surface area contributed by atoms with Gasteiger partial charge in [-0.15, -0.1) is 11.3 Å². The lowest BCUT2D eigenvalue weighted by Crippen LogP contribution is -2.08. The fraction of sp³-hybridized carbons (Fsp3) is 0.312. The summed E-state index contributed by atoms with van der Waals surface area (Å²) in [6.07, 6.45) is 1.94. The van der Waals surface area contributed by atoms with Gasteiger partial charge in [0.1, 0.15) is 6.61 Å². The third-order valence-corrected chi connectivity index (χ3v) is 3.89. The van der Waals surface area contributed by atoms with E-state index >= 15 is 0 Å². The fourth-order valence-corrected chi connectivity index (χ4v) is 2.64. The van der Waals surface area contributed by atoms with Crippen LogP contribution in [0, 0.1) is 6.92 Å². The van der Waals surface area contributed by atoms with Crippen molar-refractivity contribution in [1.29, 1.82) is 0 Å². The van der Waals surface area contributed by atoms with E-state index in [0.29, 0.717) is 6.61 Å². The number of carbonyl (C=O) groups excluding carboxylic acids is 1. The number of carbonyl (C=O) groups is 1. The molecule has 0 atom stereocenters. The first-order valence-electron chi connectivity index (χ1n) is 6.47. The number of ether oxygens (including phenoxy) is 1. The molecule has 0 spiro atoms. The van der Waals surface area contributed by atoms with Crippen LogP contribution >= 0.6 is 11.3 Å². The minimum Gasteiger partial charge on any atom is -0.373 e. The van der Waals surface area contributed by atoms with Crippen LogP contribution in [-0.4, -0.2) is 19.0 Å². The Hall–Kier alpha value is -1.45. The van der Waals surface area contributed by atoms with Crippen LogP contribution in [0.15, 0.2) is 42.5 Å².